The van der Waals surface area contributed by atoms with Crippen LogP contribution in [0.5, 0.6) is 0 Å². The third-order valence-electron chi connectivity index (χ3n) is 4.04. The molecule has 1 fully saturated rings. The Hall–Kier alpha value is -2.33. The van der Waals surface area contributed by atoms with Gasteiger partial charge in [-0.1, -0.05) is 29.8 Å². The molecule has 1 atom stereocenters. The monoisotopic (exact) mass is 328 g/mol. The zero-order valence-corrected chi connectivity index (χ0v) is 13.5. The van der Waals surface area contributed by atoms with E-state index in [9.17, 15) is 9.59 Å². The second kappa shape index (κ2) is 6.42. The Morgan fingerprint density at radius 2 is 1.96 bits per heavy atom. The molecule has 2 amide bonds. The number of carbonyl (C=O) groups excluding carboxylic acids is 2. The highest BCUT2D eigenvalue weighted by Gasteiger charge is 2.37. The van der Waals surface area contributed by atoms with E-state index in [4.69, 9.17) is 11.6 Å². The topological polar surface area (TPSA) is 49.4 Å². The average Bonchev–Trinajstić information content (AvgIpc) is 2.92. The minimum absolute atomic E-state index is 0.152. The molecule has 1 saturated heterocycles. The highest BCUT2D eigenvalue weighted by Crippen LogP contribution is 2.27. The quantitative estimate of drug-likeness (QED) is 0.874. The first-order valence-corrected chi connectivity index (χ1v) is 7.87. The van der Waals surface area contributed by atoms with Gasteiger partial charge < -0.3 is 10.2 Å². The standard InChI is InChI=1S/C18H17ClN2O2/c1-12-11-13(19)7-8-16(12)20-17(22)15-9-10-21(18(15)23)14-5-3-2-4-6-14/h2-8,11,15H,9-10H2,1H3,(H,20,22)/t15-/m0/s1. The van der Waals surface area contributed by atoms with Gasteiger partial charge in [0.2, 0.25) is 11.8 Å². The number of nitrogens with one attached hydrogen (secondary N) is 1. The fourth-order valence-corrected chi connectivity index (χ4v) is 3.00. The number of para-hydroxylation sites is 1. The van der Waals surface area contributed by atoms with Crippen molar-refractivity contribution in [3.8, 4) is 0 Å². The van der Waals surface area contributed by atoms with Crippen molar-refractivity contribution in [3.63, 3.8) is 0 Å². The van der Waals surface area contributed by atoms with Crippen LogP contribution in [-0.4, -0.2) is 18.4 Å². The Kier molecular flexibility index (Phi) is 4.35. The zero-order chi connectivity index (χ0) is 16.4. The van der Waals surface area contributed by atoms with Crippen LogP contribution in [0, 0.1) is 12.8 Å². The van der Waals surface area contributed by atoms with Crippen molar-refractivity contribution in [2.75, 3.05) is 16.8 Å². The summed E-state index contributed by atoms with van der Waals surface area (Å²) in [5, 5.41) is 3.45. The number of aryl methyl sites for hydroxylation is 1. The molecule has 0 saturated carbocycles. The van der Waals surface area contributed by atoms with Crippen molar-refractivity contribution < 1.29 is 9.59 Å². The molecule has 1 aliphatic rings. The zero-order valence-electron chi connectivity index (χ0n) is 12.8. The predicted octanol–water partition coefficient (Wildman–Crippen LogP) is 3.64. The van der Waals surface area contributed by atoms with Crippen LogP contribution >= 0.6 is 11.6 Å². The summed E-state index contributed by atoms with van der Waals surface area (Å²) in [6.45, 7) is 2.43. The summed E-state index contributed by atoms with van der Waals surface area (Å²) in [6.07, 6.45) is 0.520. The molecular formula is C18H17ClN2O2. The van der Waals surface area contributed by atoms with Gasteiger partial charge in [0.1, 0.15) is 5.92 Å². The van der Waals surface area contributed by atoms with Crippen LogP contribution in [0.3, 0.4) is 0 Å². The average molecular weight is 329 g/mol. The Labute approximate surface area is 140 Å². The van der Waals surface area contributed by atoms with Gasteiger partial charge in [-0.2, -0.15) is 0 Å². The van der Waals surface area contributed by atoms with E-state index in [0.29, 0.717) is 23.7 Å². The van der Waals surface area contributed by atoms with E-state index in [-0.39, 0.29) is 11.8 Å². The first-order chi connectivity index (χ1) is 11.1. The van der Waals surface area contributed by atoms with E-state index >= 15 is 0 Å². The molecule has 1 aliphatic heterocycles. The molecule has 1 heterocycles. The number of amides is 2. The molecule has 1 N–H and O–H groups in total. The number of halogens is 1. The first kappa shape index (κ1) is 15.6. The number of anilines is 2. The van der Waals surface area contributed by atoms with E-state index < -0.39 is 5.92 Å². The summed E-state index contributed by atoms with van der Waals surface area (Å²) in [5.74, 6) is -1.07. The van der Waals surface area contributed by atoms with Gasteiger partial charge >= 0.3 is 0 Å². The predicted molar refractivity (Wildman–Crippen MR) is 91.7 cm³/mol. The van der Waals surface area contributed by atoms with E-state index in [1.165, 1.54) is 0 Å². The van der Waals surface area contributed by atoms with Crippen molar-refractivity contribution in [1.29, 1.82) is 0 Å². The van der Waals surface area contributed by atoms with Crippen LogP contribution in [-0.2, 0) is 9.59 Å². The van der Waals surface area contributed by atoms with Gasteiger partial charge in [0, 0.05) is 22.9 Å². The fraction of sp³-hybridized carbons (Fsp3) is 0.222. The molecule has 118 valence electrons. The van der Waals surface area contributed by atoms with Crippen LogP contribution in [0.15, 0.2) is 48.5 Å². The second-order valence-electron chi connectivity index (χ2n) is 5.62. The van der Waals surface area contributed by atoms with E-state index in [2.05, 4.69) is 5.32 Å². The number of benzene rings is 2. The van der Waals surface area contributed by atoms with Gasteiger partial charge in [-0.25, -0.2) is 0 Å². The van der Waals surface area contributed by atoms with Gasteiger partial charge in [0.25, 0.3) is 0 Å². The summed E-state index contributed by atoms with van der Waals surface area (Å²) >= 11 is 5.92. The second-order valence-corrected chi connectivity index (χ2v) is 6.05. The molecule has 0 aromatic heterocycles. The van der Waals surface area contributed by atoms with Crippen molar-refractivity contribution in [2.24, 2.45) is 5.92 Å². The molecule has 4 nitrogen and oxygen atoms in total. The van der Waals surface area contributed by atoms with Gasteiger partial charge in [0.15, 0.2) is 0 Å². The molecule has 0 spiro atoms. The lowest BCUT2D eigenvalue weighted by Gasteiger charge is -2.17. The van der Waals surface area contributed by atoms with E-state index in [1.807, 2.05) is 37.3 Å². The molecule has 0 radical (unpaired) electrons. The Morgan fingerprint density at radius 3 is 2.65 bits per heavy atom. The molecular weight excluding hydrogens is 312 g/mol. The molecule has 23 heavy (non-hydrogen) atoms. The van der Waals surface area contributed by atoms with Crippen LogP contribution in [0.25, 0.3) is 0 Å². The maximum atomic E-state index is 12.5. The number of hydrogen-bond donors (Lipinski definition) is 1. The van der Waals surface area contributed by atoms with Crippen LogP contribution in [0.1, 0.15) is 12.0 Å². The lowest BCUT2D eigenvalue weighted by Crippen LogP contribution is -2.33. The van der Waals surface area contributed by atoms with Crippen LogP contribution < -0.4 is 10.2 Å². The minimum Gasteiger partial charge on any atom is -0.325 e. The molecule has 3 rings (SSSR count). The van der Waals surface area contributed by atoms with Crippen molar-refractivity contribution >= 4 is 34.8 Å². The first-order valence-electron chi connectivity index (χ1n) is 7.49. The maximum Gasteiger partial charge on any atom is 0.239 e. The van der Waals surface area contributed by atoms with Crippen molar-refractivity contribution in [1.82, 2.24) is 0 Å². The molecule has 0 bridgehead atoms. The highest BCUT2D eigenvalue weighted by atomic mass is 35.5. The van der Waals surface area contributed by atoms with Crippen LogP contribution in [0.4, 0.5) is 11.4 Å². The largest absolute Gasteiger partial charge is 0.325 e. The molecule has 2 aromatic carbocycles. The van der Waals surface area contributed by atoms with Gasteiger partial charge in [-0.15, -0.1) is 0 Å². The molecule has 5 heteroatoms. The number of hydrogen-bond acceptors (Lipinski definition) is 2. The molecule has 0 unspecified atom stereocenters. The summed E-state index contributed by atoms with van der Waals surface area (Å²) in [7, 11) is 0. The summed E-state index contributed by atoms with van der Waals surface area (Å²) in [5.41, 5.74) is 2.39. The SMILES string of the molecule is Cc1cc(Cl)ccc1NC(=O)[C@@H]1CCN(c2ccccc2)C1=O. The summed E-state index contributed by atoms with van der Waals surface area (Å²) in [4.78, 5) is 26.6. The Balaban J connectivity index is 1.72. The van der Waals surface area contributed by atoms with E-state index in [1.54, 1.807) is 23.1 Å². The maximum absolute atomic E-state index is 12.5. The third kappa shape index (κ3) is 3.22. The molecule has 2 aromatic rings. The van der Waals surface area contributed by atoms with Crippen molar-refractivity contribution in [3.05, 3.63) is 59.1 Å². The number of rotatable bonds is 3. The third-order valence-corrected chi connectivity index (χ3v) is 4.27. The normalized spacial score (nSPS) is 17.4. The molecule has 0 aliphatic carbocycles. The Morgan fingerprint density at radius 1 is 1.22 bits per heavy atom. The van der Waals surface area contributed by atoms with E-state index in [0.717, 1.165) is 11.3 Å². The smallest absolute Gasteiger partial charge is 0.239 e. The van der Waals surface area contributed by atoms with Crippen molar-refractivity contribution in [2.45, 2.75) is 13.3 Å². The lowest BCUT2D eigenvalue weighted by molar-refractivity contribution is -0.129. The van der Waals surface area contributed by atoms with Gasteiger partial charge in [-0.3, -0.25) is 9.59 Å². The summed E-state index contributed by atoms with van der Waals surface area (Å²) < 4.78 is 0. The van der Waals surface area contributed by atoms with Gasteiger partial charge in [-0.05, 0) is 49.2 Å². The minimum atomic E-state index is -0.648. The number of nitrogens with zero attached hydrogens (tertiary/aromatic N) is 1. The highest BCUT2D eigenvalue weighted by molar-refractivity contribution is 6.30. The van der Waals surface area contributed by atoms with Crippen LogP contribution in [0.2, 0.25) is 5.02 Å². The summed E-state index contributed by atoms with van der Waals surface area (Å²) in [6, 6.07) is 14.7. The Bertz CT molecular complexity index is 746. The lowest BCUT2D eigenvalue weighted by atomic mass is 10.1. The number of carbonyl (C=O) groups is 2. The van der Waals surface area contributed by atoms with Gasteiger partial charge in [0.05, 0.1) is 0 Å². The fourth-order valence-electron chi connectivity index (χ4n) is 2.77.